The molecule has 12 heteroatoms. The maximum absolute atomic E-state index is 12.5. The van der Waals surface area contributed by atoms with Crippen LogP contribution in [0.2, 0.25) is 0 Å². The zero-order valence-corrected chi connectivity index (χ0v) is 17.0. The maximum Gasteiger partial charge on any atom is 0.410 e. The molecule has 11 nitrogen and oxygen atoms in total. The highest BCUT2D eigenvalue weighted by Gasteiger charge is 2.37. The number of rotatable bonds is 7. The highest BCUT2D eigenvalue weighted by Crippen LogP contribution is 2.24. The molecule has 1 fully saturated rings. The van der Waals surface area contributed by atoms with E-state index >= 15 is 0 Å². The van der Waals surface area contributed by atoms with Gasteiger partial charge in [0.15, 0.2) is 0 Å². The molecule has 0 spiro atoms. The highest BCUT2D eigenvalue weighted by molar-refractivity contribution is 7.88. The Balaban J connectivity index is 2.06. The van der Waals surface area contributed by atoms with E-state index in [-0.39, 0.29) is 24.6 Å². The number of hydrogen-bond acceptors (Lipinski definition) is 8. The number of sulfonamides is 1. The molecule has 0 saturated carbocycles. The van der Waals surface area contributed by atoms with Crippen molar-refractivity contribution in [3.63, 3.8) is 0 Å². The monoisotopic (exact) mass is 426 g/mol. The number of ether oxygens (including phenoxy) is 1. The molecule has 1 aliphatic rings. The van der Waals surface area contributed by atoms with E-state index in [1.165, 1.54) is 49.4 Å². The number of amides is 1. The minimum atomic E-state index is -3.53. The first-order chi connectivity index (χ1) is 13.5. The van der Waals surface area contributed by atoms with Crippen LogP contribution in [0.4, 0.5) is 10.5 Å². The van der Waals surface area contributed by atoms with E-state index in [4.69, 9.17) is 4.74 Å². The normalized spacial score (nSPS) is 19.3. The molecule has 0 aliphatic carbocycles. The highest BCUT2D eigenvalue weighted by atomic mass is 32.2. The van der Waals surface area contributed by atoms with E-state index in [0.29, 0.717) is 12.0 Å². The Morgan fingerprint density at radius 3 is 2.52 bits per heavy atom. The number of ketones is 1. The van der Waals surface area contributed by atoms with Crippen LogP contribution in [-0.2, 0) is 26.2 Å². The second kappa shape index (κ2) is 8.99. The van der Waals surface area contributed by atoms with Crippen molar-refractivity contribution in [3.05, 3.63) is 39.9 Å². The molecule has 0 unspecified atom stereocenters. The van der Waals surface area contributed by atoms with Crippen LogP contribution in [0.1, 0.15) is 18.9 Å². The molecule has 1 amide bonds. The summed E-state index contributed by atoms with van der Waals surface area (Å²) in [7, 11) is -2.27. The Hall–Kier alpha value is -3.02. The van der Waals surface area contributed by atoms with Crippen molar-refractivity contribution in [2.24, 2.45) is 11.0 Å². The van der Waals surface area contributed by atoms with Gasteiger partial charge in [-0.05, 0) is 31.0 Å². The summed E-state index contributed by atoms with van der Waals surface area (Å²) in [6, 6.07) is 4.97. The van der Waals surface area contributed by atoms with Gasteiger partial charge in [0.05, 0.1) is 17.2 Å². The van der Waals surface area contributed by atoms with Crippen LogP contribution in [0.25, 0.3) is 0 Å². The number of carbonyl (C=O) groups excluding carboxylic acids is 2. The van der Waals surface area contributed by atoms with Gasteiger partial charge in [-0.3, -0.25) is 19.8 Å². The van der Waals surface area contributed by atoms with Crippen molar-refractivity contribution in [1.82, 2.24) is 9.31 Å². The molecule has 2 rings (SSSR count). The number of hydrazone groups is 1. The second-order valence-corrected chi connectivity index (χ2v) is 8.70. The van der Waals surface area contributed by atoms with E-state index in [9.17, 15) is 28.1 Å². The summed E-state index contributed by atoms with van der Waals surface area (Å²) in [6.45, 7) is 1.45. The average Bonchev–Trinajstić information content (AvgIpc) is 3.08. The minimum Gasteiger partial charge on any atom is -0.445 e. The molecular formula is C17H22N4O7S. The summed E-state index contributed by atoms with van der Waals surface area (Å²) in [6.07, 6.45) is 1.92. The van der Waals surface area contributed by atoms with E-state index < -0.39 is 33.0 Å². The number of non-ortho nitro benzene ring substituents is 1. The van der Waals surface area contributed by atoms with Gasteiger partial charge in [0.25, 0.3) is 5.69 Å². The van der Waals surface area contributed by atoms with Gasteiger partial charge in [-0.1, -0.05) is 0 Å². The van der Waals surface area contributed by atoms with Crippen LogP contribution in [0.5, 0.6) is 0 Å². The van der Waals surface area contributed by atoms with Crippen LogP contribution in [0.15, 0.2) is 29.4 Å². The Kier molecular flexibility index (Phi) is 6.90. The predicted octanol–water partition coefficient (Wildman–Crippen LogP) is 1.39. The first-order valence-electron chi connectivity index (χ1n) is 8.64. The van der Waals surface area contributed by atoms with Crippen molar-refractivity contribution in [3.8, 4) is 0 Å². The smallest absolute Gasteiger partial charge is 0.410 e. The molecule has 0 N–H and O–H groups in total. The fraction of sp³-hybridized carbons (Fsp3) is 0.471. The van der Waals surface area contributed by atoms with Gasteiger partial charge in [-0.15, -0.1) is 0 Å². The molecule has 29 heavy (non-hydrogen) atoms. The van der Waals surface area contributed by atoms with E-state index in [0.717, 1.165) is 10.7 Å². The molecule has 1 aliphatic heterocycles. The fourth-order valence-corrected chi connectivity index (χ4v) is 2.94. The number of Topliss-reactive ketones (excluding diaryl/α,β-unsaturated/α-hetero) is 1. The first kappa shape index (κ1) is 22.3. The molecular weight excluding hydrogens is 404 g/mol. The van der Waals surface area contributed by atoms with Gasteiger partial charge in [-0.2, -0.15) is 9.52 Å². The first-order valence-corrected chi connectivity index (χ1v) is 10.5. The Labute approximate surface area is 168 Å². The summed E-state index contributed by atoms with van der Waals surface area (Å²) in [4.78, 5) is 35.7. The van der Waals surface area contributed by atoms with E-state index in [1.54, 1.807) is 0 Å². The Morgan fingerprint density at radius 2 is 2.00 bits per heavy atom. The lowest BCUT2D eigenvalue weighted by molar-refractivity contribution is -0.384. The number of benzene rings is 1. The Bertz CT molecular complexity index is 914. The standard InChI is InChI=1S/C17H22N4O7S/c1-12(22)14-8-16(9-18-19(2)29(3,26)27)20(10-14)17(23)28-11-13-4-6-15(7-5-13)21(24)25/h4-7,9,14,16H,8,10-11H2,1-3H3/t14-,16-/m0/s1. The molecule has 0 bridgehead atoms. The van der Waals surface area contributed by atoms with Crippen LogP contribution in [0.3, 0.4) is 0 Å². The molecule has 1 aromatic rings. The van der Waals surface area contributed by atoms with Crippen LogP contribution < -0.4 is 0 Å². The summed E-state index contributed by atoms with van der Waals surface area (Å²) in [5.74, 6) is -0.493. The maximum atomic E-state index is 12.5. The van der Waals surface area contributed by atoms with Gasteiger partial charge >= 0.3 is 6.09 Å². The lowest BCUT2D eigenvalue weighted by Crippen LogP contribution is -2.37. The third-order valence-corrected chi connectivity index (χ3v) is 5.60. The van der Waals surface area contributed by atoms with Crippen molar-refractivity contribution in [2.75, 3.05) is 19.8 Å². The van der Waals surface area contributed by atoms with Gasteiger partial charge in [-0.25, -0.2) is 13.2 Å². The number of hydrogen-bond donors (Lipinski definition) is 0. The third kappa shape index (κ3) is 5.98. The largest absolute Gasteiger partial charge is 0.445 e. The van der Waals surface area contributed by atoms with E-state index in [2.05, 4.69) is 5.10 Å². The lowest BCUT2D eigenvalue weighted by Gasteiger charge is -2.21. The molecule has 1 aromatic carbocycles. The fourth-order valence-electron chi connectivity index (χ4n) is 2.71. The summed E-state index contributed by atoms with van der Waals surface area (Å²) >= 11 is 0. The lowest BCUT2D eigenvalue weighted by atomic mass is 10.0. The number of nitro benzene ring substituents is 1. The zero-order chi connectivity index (χ0) is 21.8. The quantitative estimate of drug-likeness (QED) is 0.364. The van der Waals surface area contributed by atoms with Gasteiger partial charge in [0.2, 0.25) is 10.0 Å². The van der Waals surface area contributed by atoms with Crippen molar-refractivity contribution < 1.29 is 27.7 Å². The van der Waals surface area contributed by atoms with E-state index in [1.807, 2.05) is 0 Å². The number of nitrogens with zero attached hydrogens (tertiary/aromatic N) is 4. The van der Waals surface area contributed by atoms with Crippen LogP contribution >= 0.6 is 0 Å². The summed E-state index contributed by atoms with van der Waals surface area (Å²) in [5, 5.41) is 14.5. The van der Waals surface area contributed by atoms with Gasteiger partial charge in [0, 0.05) is 37.9 Å². The third-order valence-electron chi connectivity index (χ3n) is 4.54. The number of likely N-dealkylation sites (tertiary alicyclic amines) is 1. The summed E-state index contributed by atoms with van der Waals surface area (Å²) in [5.41, 5.74) is 0.489. The molecule has 0 aromatic heterocycles. The Morgan fingerprint density at radius 1 is 1.38 bits per heavy atom. The molecule has 2 atom stereocenters. The molecule has 158 valence electrons. The summed E-state index contributed by atoms with van der Waals surface area (Å²) < 4.78 is 28.9. The molecule has 1 saturated heterocycles. The number of nitro groups is 1. The SMILES string of the molecule is CC(=O)[C@H]1C[C@@H](C=NN(C)S(C)(=O)=O)N(C(=O)OCc2ccc([N+](=O)[O-])cc2)C1. The number of carbonyl (C=O) groups is 2. The van der Waals surface area contributed by atoms with Gasteiger partial charge < -0.3 is 4.74 Å². The minimum absolute atomic E-state index is 0.0739. The molecule has 1 heterocycles. The van der Waals surface area contributed by atoms with Crippen molar-refractivity contribution in [2.45, 2.75) is 26.0 Å². The van der Waals surface area contributed by atoms with Crippen LogP contribution in [0, 0.1) is 16.0 Å². The van der Waals surface area contributed by atoms with Crippen LogP contribution in [-0.4, -0.2) is 66.6 Å². The predicted molar refractivity (Wildman–Crippen MR) is 104 cm³/mol. The van der Waals surface area contributed by atoms with Crippen molar-refractivity contribution >= 4 is 33.8 Å². The molecule has 0 radical (unpaired) electrons. The topological polar surface area (TPSA) is 139 Å². The van der Waals surface area contributed by atoms with Crippen molar-refractivity contribution in [1.29, 1.82) is 0 Å². The van der Waals surface area contributed by atoms with Gasteiger partial charge in [0.1, 0.15) is 12.4 Å². The second-order valence-electron chi connectivity index (χ2n) is 6.70. The average molecular weight is 426 g/mol. The zero-order valence-electron chi connectivity index (χ0n) is 16.2.